The van der Waals surface area contributed by atoms with Crippen LogP contribution >= 0.6 is 11.6 Å². The molecular formula is C19H25ClO. The highest BCUT2D eigenvalue weighted by atomic mass is 35.5. The van der Waals surface area contributed by atoms with Crippen molar-refractivity contribution in [3.05, 3.63) is 33.8 Å². The second-order valence-corrected chi connectivity index (χ2v) is 8.00. The van der Waals surface area contributed by atoms with E-state index in [2.05, 4.69) is 39.8 Å². The average molecular weight is 305 g/mol. The first-order valence-electron chi connectivity index (χ1n) is 8.21. The van der Waals surface area contributed by atoms with Gasteiger partial charge in [0.1, 0.15) is 0 Å². The number of carbonyl (C=O) groups is 1. The first-order chi connectivity index (χ1) is 9.84. The molecule has 1 saturated carbocycles. The normalized spacial score (nSPS) is 32.0. The minimum atomic E-state index is 0.125. The van der Waals surface area contributed by atoms with Gasteiger partial charge in [0, 0.05) is 17.0 Å². The smallest absolute Gasteiger partial charge is 0.163 e. The van der Waals surface area contributed by atoms with Gasteiger partial charge in [-0.25, -0.2) is 0 Å². The summed E-state index contributed by atoms with van der Waals surface area (Å²) in [6.07, 6.45) is 4.40. The van der Waals surface area contributed by atoms with E-state index >= 15 is 0 Å². The molecule has 3 unspecified atom stereocenters. The molecule has 3 rings (SSSR count). The third kappa shape index (κ3) is 2.25. The summed E-state index contributed by atoms with van der Waals surface area (Å²) in [6, 6.07) is 4.18. The van der Waals surface area contributed by atoms with E-state index in [1.807, 2.05) is 0 Å². The summed E-state index contributed by atoms with van der Waals surface area (Å²) < 4.78 is 0. The lowest BCUT2D eigenvalue weighted by Gasteiger charge is -2.49. The Balaban J connectivity index is 2.18. The fourth-order valence-electron chi connectivity index (χ4n) is 4.61. The van der Waals surface area contributed by atoms with Crippen LogP contribution in [0.4, 0.5) is 0 Å². The third-order valence-corrected chi connectivity index (χ3v) is 6.27. The lowest BCUT2D eigenvalue weighted by molar-refractivity contribution is 0.0756. The molecule has 0 aliphatic heterocycles. The second-order valence-electron chi connectivity index (χ2n) is 7.59. The molecule has 0 radical (unpaired) electrons. The van der Waals surface area contributed by atoms with Crippen LogP contribution in [0, 0.1) is 11.8 Å². The molecule has 0 N–H and O–H groups in total. The number of benzene rings is 1. The first kappa shape index (κ1) is 15.1. The van der Waals surface area contributed by atoms with Crippen molar-refractivity contribution in [2.24, 2.45) is 11.8 Å². The van der Waals surface area contributed by atoms with E-state index < -0.39 is 0 Å². The zero-order valence-corrected chi connectivity index (χ0v) is 14.3. The lowest BCUT2D eigenvalue weighted by Crippen LogP contribution is -2.45. The molecule has 1 nitrogen and oxygen atoms in total. The maximum absolute atomic E-state index is 12.7. The number of hydrogen-bond acceptors (Lipinski definition) is 1. The molecule has 0 amide bonds. The maximum atomic E-state index is 12.7. The van der Waals surface area contributed by atoms with Gasteiger partial charge in [-0.05, 0) is 52.8 Å². The largest absolute Gasteiger partial charge is 0.294 e. The topological polar surface area (TPSA) is 17.1 Å². The predicted molar refractivity (Wildman–Crippen MR) is 88.3 cm³/mol. The minimum absolute atomic E-state index is 0.125. The zero-order valence-electron chi connectivity index (χ0n) is 13.5. The van der Waals surface area contributed by atoms with Gasteiger partial charge in [0.25, 0.3) is 0 Å². The molecule has 1 aromatic carbocycles. The SMILES string of the molecule is CC(C)c1cc2c(cc1Cl)C1(C)CCCC(C)C1CC2=O. The van der Waals surface area contributed by atoms with Gasteiger partial charge >= 0.3 is 0 Å². The summed E-state index contributed by atoms with van der Waals surface area (Å²) in [4.78, 5) is 12.7. The van der Waals surface area contributed by atoms with E-state index in [1.165, 1.54) is 24.8 Å². The molecule has 0 saturated heterocycles. The van der Waals surface area contributed by atoms with E-state index in [1.54, 1.807) is 0 Å². The number of hydrogen-bond donors (Lipinski definition) is 0. The Morgan fingerprint density at radius 3 is 2.71 bits per heavy atom. The van der Waals surface area contributed by atoms with Crippen molar-refractivity contribution in [2.45, 2.75) is 64.7 Å². The number of rotatable bonds is 1. The van der Waals surface area contributed by atoms with Crippen LogP contribution < -0.4 is 0 Å². The summed E-state index contributed by atoms with van der Waals surface area (Å²) in [7, 11) is 0. The van der Waals surface area contributed by atoms with E-state index in [9.17, 15) is 4.79 Å². The van der Waals surface area contributed by atoms with Crippen molar-refractivity contribution in [3.8, 4) is 0 Å². The predicted octanol–water partition coefficient (Wildman–Crippen LogP) is 5.74. The number of Topliss-reactive ketones (excluding diaryl/α,β-unsaturated/α-hetero) is 1. The molecule has 2 heteroatoms. The molecule has 0 heterocycles. The molecule has 2 aliphatic carbocycles. The van der Waals surface area contributed by atoms with Gasteiger partial charge in [-0.15, -0.1) is 0 Å². The van der Waals surface area contributed by atoms with Crippen LogP contribution in [0.1, 0.15) is 80.8 Å². The Hall–Kier alpha value is -0.820. The first-order valence-corrected chi connectivity index (χ1v) is 8.59. The molecule has 21 heavy (non-hydrogen) atoms. The van der Waals surface area contributed by atoms with Crippen LogP contribution in [0.2, 0.25) is 5.02 Å². The maximum Gasteiger partial charge on any atom is 0.163 e. The van der Waals surface area contributed by atoms with Gasteiger partial charge in [0.05, 0.1) is 0 Å². The Bertz CT molecular complexity index is 589. The van der Waals surface area contributed by atoms with Gasteiger partial charge in [0.2, 0.25) is 0 Å². The van der Waals surface area contributed by atoms with E-state index in [4.69, 9.17) is 11.6 Å². The van der Waals surface area contributed by atoms with Crippen LogP contribution in [0.3, 0.4) is 0 Å². The fraction of sp³-hybridized carbons (Fsp3) is 0.632. The van der Waals surface area contributed by atoms with E-state index in [0.717, 1.165) is 16.1 Å². The summed E-state index contributed by atoms with van der Waals surface area (Å²) >= 11 is 6.52. The minimum Gasteiger partial charge on any atom is -0.294 e. The number of halogens is 1. The van der Waals surface area contributed by atoms with Crippen molar-refractivity contribution in [1.29, 1.82) is 0 Å². The van der Waals surface area contributed by atoms with Crippen molar-refractivity contribution >= 4 is 17.4 Å². The number of carbonyl (C=O) groups excluding carboxylic acids is 1. The summed E-state index contributed by atoms with van der Waals surface area (Å²) in [6.45, 7) is 8.93. The van der Waals surface area contributed by atoms with Crippen LogP contribution in [0.15, 0.2) is 12.1 Å². The lowest BCUT2D eigenvalue weighted by atomic mass is 9.55. The summed E-state index contributed by atoms with van der Waals surface area (Å²) in [5, 5.41) is 0.830. The standard InChI is InChI=1S/C19H25ClO/c1-11(2)13-8-14-16(9-17(13)20)19(4)7-5-6-12(3)15(19)10-18(14)21/h8-9,11-12,15H,5-7,10H2,1-4H3. The van der Waals surface area contributed by atoms with Crippen LogP contribution in [-0.4, -0.2) is 5.78 Å². The summed E-state index contributed by atoms with van der Waals surface area (Å²) in [5.74, 6) is 1.78. The van der Waals surface area contributed by atoms with Crippen molar-refractivity contribution in [3.63, 3.8) is 0 Å². The van der Waals surface area contributed by atoms with Crippen LogP contribution in [0.5, 0.6) is 0 Å². The highest BCUT2D eigenvalue weighted by Crippen LogP contribution is 2.53. The number of fused-ring (bicyclic) bond motifs is 3. The second kappa shape index (κ2) is 5.12. The van der Waals surface area contributed by atoms with E-state index in [-0.39, 0.29) is 5.41 Å². The molecule has 0 bridgehead atoms. The Labute approximate surface area is 133 Å². The highest BCUT2D eigenvalue weighted by Gasteiger charge is 2.47. The third-order valence-electron chi connectivity index (χ3n) is 5.94. The van der Waals surface area contributed by atoms with Crippen molar-refractivity contribution in [2.75, 3.05) is 0 Å². The molecule has 3 atom stereocenters. The number of ketones is 1. The fourth-order valence-corrected chi connectivity index (χ4v) is 4.99. The molecule has 1 fully saturated rings. The van der Waals surface area contributed by atoms with Gasteiger partial charge in [-0.3, -0.25) is 4.79 Å². The van der Waals surface area contributed by atoms with Gasteiger partial charge in [-0.1, -0.05) is 52.1 Å². The van der Waals surface area contributed by atoms with Crippen molar-refractivity contribution in [1.82, 2.24) is 0 Å². The molecule has 114 valence electrons. The molecular weight excluding hydrogens is 280 g/mol. The highest BCUT2D eigenvalue weighted by molar-refractivity contribution is 6.31. The molecule has 0 spiro atoms. The monoisotopic (exact) mass is 304 g/mol. The summed E-state index contributed by atoms with van der Waals surface area (Å²) in [5.41, 5.74) is 3.38. The zero-order chi connectivity index (χ0) is 15.4. The quantitative estimate of drug-likeness (QED) is 0.646. The van der Waals surface area contributed by atoms with Gasteiger partial charge in [-0.2, -0.15) is 0 Å². The van der Waals surface area contributed by atoms with Crippen LogP contribution in [0.25, 0.3) is 0 Å². The van der Waals surface area contributed by atoms with Gasteiger partial charge < -0.3 is 0 Å². The van der Waals surface area contributed by atoms with Gasteiger partial charge in [0.15, 0.2) is 5.78 Å². The Morgan fingerprint density at radius 2 is 2.05 bits per heavy atom. The average Bonchev–Trinajstić information content (AvgIpc) is 2.41. The Kier molecular flexibility index (Phi) is 3.68. The van der Waals surface area contributed by atoms with E-state index in [0.29, 0.717) is 30.0 Å². The molecule has 2 aliphatic rings. The Morgan fingerprint density at radius 1 is 1.33 bits per heavy atom. The molecule has 0 aromatic heterocycles. The van der Waals surface area contributed by atoms with Crippen molar-refractivity contribution < 1.29 is 4.79 Å². The molecule has 1 aromatic rings. The van der Waals surface area contributed by atoms with Crippen LogP contribution in [-0.2, 0) is 5.41 Å².